The summed E-state index contributed by atoms with van der Waals surface area (Å²) in [4.78, 5) is 9.65. The van der Waals surface area contributed by atoms with E-state index in [2.05, 4.69) is 122 Å². The molecule has 0 aliphatic carbocycles. The third-order valence-corrected chi connectivity index (χ3v) is 13.4. The molecule has 0 saturated heterocycles. The van der Waals surface area contributed by atoms with Gasteiger partial charge < -0.3 is 18.4 Å². The minimum Gasteiger partial charge on any atom is -0.501 e. The molecule has 0 N–H and O–H groups in total. The van der Waals surface area contributed by atoms with Gasteiger partial charge in [-0.25, -0.2) is 0 Å². The van der Waals surface area contributed by atoms with Crippen molar-refractivity contribution in [3.05, 3.63) is 197 Å². The zero-order valence-electron chi connectivity index (χ0n) is 49.6. The summed E-state index contributed by atoms with van der Waals surface area (Å²) in [5.74, 6) is 0.961. The molecule has 6 heteroatoms. The number of imidazole rings is 1. The minimum absolute atomic E-state index is 0. The van der Waals surface area contributed by atoms with Gasteiger partial charge in [0, 0.05) is 65.9 Å². The summed E-state index contributed by atoms with van der Waals surface area (Å²) < 4.78 is 86.5. The summed E-state index contributed by atoms with van der Waals surface area (Å²) in [6, 6.07) is 53.9. The van der Waals surface area contributed by atoms with Crippen LogP contribution in [0.4, 0.5) is 0 Å². The SMILES string of the molecule is [2H]C([2H])([2H])c1c[c-]c(-c2cc(C(C)(C)C)c(C([2H])([2H])[2H])cn2)cc1.[2H]C([2H])([2H])c1c[c-]c(-c2nc3ccc4ccccc4c3n2-c2c(C(C)C)cc(-c3ccccc3)cc2C(C)C)c2oc3cc4c(cc3c12)oc1ccccc14.[Ir]. The zero-order valence-corrected chi connectivity index (χ0v) is 43.0. The third-order valence-electron chi connectivity index (χ3n) is 13.4. The van der Waals surface area contributed by atoms with Crippen LogP contribution in [-0.4, -0.2) is 14.5 Å². The van der Waals surface area contributed by atoms with Crippen LogP contribution in [0, 0.1) is 32.7 Å². The Balaban J connectivity index is 0.000000243. The number of hydrogen-bond donors (Lipinski definition) is 0. The monoisotopic (exact) mass is 1110 g/mol. The van der Waals surface area contributed by atoms with Crippen LogP contribution in [-0.2, 0) is 25.5 Å². The van der Waals surface area contributed by atoms with Crippen molar-refractivity contribution < 1.29 is 41.3 Å². The normalized spacial score (nSPS) is 14.4. The van der Waals surface area contributed by atoms with Crippen LogP contribution < -0.4 is 0 Å². The van der Waals surface area contributed by atoms with E-state index in [1.54, 1.807) is 18.2 Å². The van der Waals surface area contributed by atoms with Gasteiger partial charge in [0.05, 0.1) is 22.4 Å². The average Bonchev–Trinajstić information content (AvgIpc) is 4.10. The Hall–Kier alpha value is -7.11. The van der Waals surface area contributed by atoms with E-state index in [4.69, 9.17) is 26.2 Å². The van der Waals surface area contributed by atoms with Gasteiger partial charge in [0.2, 0.25) is 0 Å². The Morgan fingerprint density at radius 1 is 0.620 bits per heavy atom. The van der Waals surface area contributed by atoms with E-state index in [-0.39, 0.29) is 54.0 Å². The van der Waals surface area contributed by atoms with Crippen LogP contribution in [0.2, 0.25) is 0 Å². The summed E-state index contributed by atoms with van der Waals surface area (Å²) in [6.45, 7) is 7.96. The summed E-state index contributed by atoms with van der Waals surface area (Å²) in [5, 5.41) is 5.24. The van der Waals surface area contributed by atoms with E-state index < -0.39 is 20.6 Å². The Kier molecular flexibility index (Phi) is 9.86. The number of nitrogens with zero attached hydrogens (tertiary/aromatic N) is 3. The number of benzene rings is 8. The molecule has 0 amide bonds. The van der Waals surface area contributed by atoms with Crippen molar-refractivity contribution in [2.24, 2.45) is 0 Å². The van der Waals surface area contributed by atoms with Crippen LogP contribution in [0.15, 0.2) is 161 Å². The number of aryl methyl sites for hydroxylation is 3. The first-order valence-corrected chi connectivity index (χ1v) is 23.8. The minimum atomic E-state index is -2.42. The Bertz CT molecular complexity index is 4280. The molecule has 1 radical (unpaired) electrons. The maximum absolute atomic E-state index is 8.62. The van der Waals surface area contributed by atoms with Crippen LogP contribution in [0.25, 0.3) is 105 Å². The van der Waals surface area contributed by atoms with Crippen molar-refractivity contribution in [2.75, 3.05) is 0 Å². The summed E-state index contributed by atoms with van der Waals surface area (Å²) in [5.41, 5.74) is 12.8. The van der Waals surface area contributed by atoms with E-state index in [0.29, 0.717) is 55.7 Å². The molecule has 12 aromatic rings. The number of hydrogen-bond acceptors (Lipinski definition) is 4. The molecule has 0 fully saturated rings. The molecule has 4 heterocycles. The first-order valence-electron chi connectivity index (χ1n) is 28.3. The number of furan rings is 2. The molecule has 71 heavy (non-hydrogen) atoms. The van der Waals surface area contributed by atoms with Gasteiger partial charge in [0.25, 0.3) is 0 Å². The second-order valence-corrected chi connectivity index (χ2v) is 19.8. The summed E-state index contributed by atoms with van der Waals surface area (Å²) in [7, 11) is 0. The van der Waals surface area contributed by atoms with Crippen molar-refractivity contribution in [1.29, 1.82) is 0 Å². The Labute approximate surface area is 442 Å². The standard InChI is InChI=1S/C48H37N2O2.C17H20N.Ir/c1-27(2)36-23-32(30-13-7-6-8-14-30)24-37(28(3)4)45(36)50-46-33-16-10-9-15-31(33)20-22-40(46)49-48(50)35-21-19-29(5)44-39-26-42-38(25-43(39)52-47(35)44)34-17-11-12-18-41(34)51-42;1-12-6-8-14(9-7-12)16-10-15(17(3,4)5)13(2)11-18-16;/h6-20,22-28H,1-5H3;6-8,10-11H,1-5H3;/q2*-1;/i5D3;1D3,2D3;. The van der Waals surface area contributed by atoms with Gasteiger partial charge in [0.15, 0.2) is 0 Å². The molecule has 5 nitrogen and oxygen atoms in total. The van der Waals surface area contributed by atoms with Crippen LogP contribution in [0.5, 0.6) is 0 Å². The molecule has 4 aromatic heterocycles. The molecular weight excluding hydrogens is 1050 g/mol. The predicted molar refractivity (Wildman–Crippen MR) is 292 cm³/mol. The summed E-state index contributed by atoms with van der Waals surface area (Å²) >= 11 is 0. The van der Waals surface area contributed by atoms with E-state index in [1.165, 1.54) is 29.5 Å². The van der Waals surface area contributed by atoms with Crippen molar-refractivity contribution in [1.82, 2.24) is 14.5 Å². The van der Waals surface area contributed by atoms with Gasteiger partial charge in [0.1, 0.15) is 16.7 Å². The fraction of sp³-hybridized carbons (Fsp3) is 0.200. The fourth-order valence-corrected chi connectivity index (χ4v) is 9.85. The fourth-order valence-electron chi connectivity index (χ4n) is 9.85. The van der Waals surface area contributed by atoms with Gasteiger partial charge >= 0.3 is 0 Å². The first-order chi connectivity index (χ1) is 37.4. The molecular formula is C65H57IrN3O2-2. The van der Waals surface area contributed by atoms with E-state index in [9.17, 15) is 0 Å². The van der Waals surface area contributed by atoms with Gasteiger partial charge in [-0.1, -0.05) is 158 Å². The molecule has 0 unspecified atom stereocenters. The van der Waals surface area contributed by atoms with Crippen LogP contribution >= 0.6 is 0 Å². The molecule has 0 atom stereocenters. The number of fused-ring (bicyclic) bond motifs is 9. The van der Waals surface area contributed by atoms with Crippen molar-refractivity contribution >= 4 is 65.7 Å². The van der Waals surface area contributed by atoms with Crippen LogP contribution in [0.3, 0.4) is 0 Å². The number of pyridine rings is 1. The maximum atomic E-state index is 8.62. The van der Waals surface area contributed by atoms with Gasteiger partial charge in [-0.05, 0) is 105 Å². The molecule has 0 aliphatic rings. The van der Waals surface area contributed by atoms with Gasteiger partial charge in [-0.15, -0.1) is 53.1 Å². The molecule has 0 saturated carbocycles. The summed E-state index contributed by atoms with van der Waals surface area (Å²) in [6.07, 6.45) is 1.38. The average molecular weight is 1110 g/mol. The van der Waals surface area contributed by atoms with Crippen molar-refractivity contribution in [2.45, 2.75) is 86.3 Å². The number of para-hydroxylation sites is 1. The largest absolute Gasteiger partial charge is 0.501 e. The van der Waals surface area contributed by atoms with Gasteiger partial charge in [-0.3, -0.25) is 4.98 Å². The number of aromatic nitrogens is 3. The van der Waals surface area contributed by atoms with Crippen molar-refractivity contribution in [3.8, 4) is 39.5 Å². The van der Waals surface area contributed by atoms with Crippen LogP contribution in [0.1, 0.15) is 106 Å². The molecule has 12 rings (SSSR count). The molecule has 8 aromatic carbocycles. The Morgan fingerprint density at radius 2 is 1.32 bits per heavy atom. The van der Waals surface area contributed by atoms with E-state index in [1.807, 2.05) is 63.2 Å². The molecule has 0 bridgehead atoms. The van der Waals surface area contributed by atoms with E-state index in [0.717, 1.165) is 55.0 Å². The second kappa shape index (κ2) is 18.6. The predicted octanol–water partition coefficient (Wildman–Crippen LogP) is 18.1. The second-order valence-electron chi connectivity index (χ2n) is 19.8. The van der Waals surface area contributed by atoms with Gasteiger partial charge in [-0.2, -0.15) is 0 Å². The maximum Gasteiger partial charge on any atom is 0.136 e. The first kappa shape index (κ1) is 37.7. The Morgan fingerprint density at radius 3 is 2.03 bits per heavy atom. The topological polar surface area (TPSA) is 57.0 Å². The van der Waals surface area contributed by atoms with Crippen molar-refractivity contribution in [3.63, 3.8) is 0 Å². The smallest absolute Gasteiger partial charge is 0.136 e. The third kappa shape index (κ3) is 8.47. The molecule has 355 valence electrons. The molecule has 0 aliphatic heterocycles. The quantitative estimate of drug-likeness (QED) is 0.156. The van der Waals surface area contributed by atoms with E-state index >= 15 is 0 Å². The number of rotatable bonds is 6. The molecule has 0 spiro atoms. The zero-order chi connectivity index (χ0) is 56.1.